The molecule has 0 aliphatic carbocycles. The van der Waals surface area contributed by atoms with Gasteiger partial charge in [0.15, 0.2) is 9.84 Å². The fourth-order valence-electron chi connectivity index (χ4n) is 2.57. The first-order valence-corrected chi connectivity index (χ1v) is 11.2. The van der Waals surface area contributed by atoms with Gasteiger partial charge in [0.2, 0.25) is 5.78 Å². The number of halogens is 2. The number of sulfone groups is 1. The van der Waals surface area contributed by atoms with E-state index in [1.54, 1.807) is 0 Å². The summed E-state index contributed by atoms with van der Waals surface area (Å²) < 4.78 is 39.3. The second kappa shape index (κ2) is 8.39. The van der Waals surface area contributed by atoms with E-state index in [0.717, 1.165) is 5.56 Å². The fourth-order valence-corrected chi connectivity index (χ4v) is 5.11. The molecule has 0 aliphatic rings. The lowest BCUT2D eigenvalue weighted by molar-refractivity contribution is 0.104. The Hall–Kier alpha value is -2.28. The molecule has 3 rings (SSSR count). The van der Waals surface area contributed by atoms with Gasteiger partial charge >= 0.3 is 0 Å². The molecule has 144 valence electrons. The number of rotatable bonds is 6. The number of thiophene rings is 1. The van der Waals surface area contributed by atoms with Crippen molar-refractivity contribution in [1.82, 2.24) is 0 Å². The molecule has 0 atom stereocenters. The highest BCUT2D eigenvalue weighted by Crippen LogP contribution is 2.26. The van der Waals surface area contributed by atoms with Gasteiger partial charge in [0, 0.05) is 15.5 Å². The molecule has 1 heterocycles. The number of carbonyl (C=O) groups is 1. The lowest BCUT2D eigenvalue weighted by Gasteiger charge is -2.10. The third kappa shape index (κ3) is 4.76. The summed E-state index contributed by atoms with van der Waals surface area (Å²) in [4.78, 5) is 13.4. The quantitative estimate of drug-likeness (QED) is 0.370. The van der Waals surface area contributed by atoms with E-state index in [9.17, 15) is 17.6 Å². The molecule has 0 aliphatic heterocycles. The van der Waals surface area contributed by atoms with Crippen molar-refractivity contribution in [2.45, 2.75) is 12.7 Å². The summed E-state index contributed by atoms with van der Waals surface area (Å²) in [6, 6.07) is 13.1. The van der Waals surface area contributed by atoms with Gasteiger partial charge in [0.1, 0.15) is 10.7 Å². The number of Topliss-reactive ketones (excluding diaryl/α,β-unsaturated/α-hetero) is 1. The van der Waals surface area contributed by atoms with Gasteiger partial charge in [-0.2, -0.15) is 0 Å². The van der Waals surface area contributed by atoms with Crippen LogP contribution in [0.2, 0.25) is 5.02 Å². The van der Waals surface area contributed by atoms with Crippen molar-refractivity contribution in [3.05, 3.63) is 97.3 Å². The van der Waals surface area contributed by atoms with Crippen LogP contribution in [-0.2, 0) is 15.6 Å². The lowest BCUT2D eigenvalue weighted by atomic mass is 10.1. The Morgan fingerprint density at radius 2 is 1.71 bits per heavy atom. The van der Waals surface area contributed by atoms with E-state index in [2.05, 4.69) is 0 Å². The van der Waals surface area contributed by atoms with Gasteiger partial charge in [-0.15, -0.1) is 11.3 Å². The third-order valence-electron chi connectivity index (χ3n) is 4.10. The number of ketones is 1. The van der Waals surface area contributed by atoms with Crippen LogP contribution in [0.4, 0.5) is 4.39 Å². The van der Waals surface area contributed by atoms with Crippen molar-refractivity contribution in [2.24, 2.45) is 0 Å². The highest BCUT2D eigenvalue weighted by molar-refractivity contribution is 7.95. The predicted octanol–water partition coefficient (Wildman–Crippen LogP) is 5.69. The molecule has 3 aromatic rings. The van der Waals surface area contributed by atoms with Crippen LogP contribution >= 0.6 is 22.9 Å². The van der Waals surface area contributed by atoms with Gasteiger partial charge in [0.25, 0.3) is 0 Å². The zero-order chi connectivity index (χ0) is 20.3. The Bertz CT molecular complexity index is 1130. The first kappa shape index (κ1) is 20.5. The van der Waals surface area contributed by atoms with E-state index >= 15 is 0 Å². The first-order chi connectivity index (χ1) is 13.3. The smallest absolute Gasteiger partial charge is 0.204 e. The molecule has 0 saturated heterocycles. The molecule has 0 bridgehead atoms. The minimum absolute atomic E-state index is 0.229. The van der Waals surface area contributed by atoms with Crippen molar-refractivity contribution >= 4 is 44.6 Å². The summed E-state index contributed by atoms with van der Waals surface area (Å²) in [5.74, 6) is -1.46. The molecule has 0 N–H and O–H groups in total. The van der Waals surface area contributed by atoms with Gasteiger partial charge in [-0.25, -0.2) is 12.8 Å². The summed E-state index contributed by atoms with van der Waals surface area (Å²) in [6.45, 7) is 1.85. The summed E-state index contributed by atoms with van der Waals surface area (Å²) in [5.41, 5.74) is 1.51. The van der Waals surface area contributed by atoms with Crippen molar-refractivity contribution in [2.75, 3.05) is 0 Å². The van der Waals surface area contributed by atoms with E-state index in [1.807, 2.05) is 18.4 Å². The van der Waals surface area contributed by atoms with Crippen LogP contribution in [0.3, 0.4) is 0 Å². The molecular weight excluding hydrogens is 419 g/mol. The van der Waals surface area contributed by atoms with E-state index in [0.29, 0.717) is 15.5 Å². The lowest BCUT2D eigenvalue weighted by Crippen LogP contribution is -2.16. The number of aryl methyl sites for hydroxylation is 1. The number of carbonyl (C=O) groups excluding carboxylic acids is 1. The van der Waals surface area contributed by atoms with Crippen LogP contribution in [0, 0.1) is 12.7 Å². The maximum absolute atomic E-state index is 13.1. The Kier molecular flexibility index (Phi) is 6.13. The van der Waals surface area contributed by atoms with Crippen LogP contribution in [0.5, 0.6) is 0 Å². The molecule has 28 heavy (non-hydrogen) atoms. The minimum atomic E-state index is -3.98. The Labute approximate surface area is 172 Å². The second-order valence-electron chi connectivity index (χ2n) is 6.20. The Balaban J connectivity index is 2.06. The highest BCUT2D eigenvalue weighted by atomic mass is 35.5. The Morgan fingerprint density at radius 1 is 1.07 bits per heavy atom. The summed E-state index contributed by atoms with van der Waals surface area (Å²) in [6.07, 6.45) is 1.41. The monoisotopic (exact) mass is 434 g/mol. The largest absolute Gasteiger partial charge is 0.288 e. The maximum Gasteiger partial charge on any atom is 0.204 e. The minimum Gasteiger partial charge on any atom is -0.288 e. The van der Waals surface area contributed by atoms with Gasteiger partial charge in [-0.1, -0.05) is 23.7 Å². The topological polar surface area (TPSA) is 51.2 Å². The van der Waals surface area contributed by atoms with Crippen molar-refractivity contribution in [3.63, 3.8) is 0 Å². The molecule has 0 unspecified atom stereocenters. The van der Waals surface area contributed by atoms with E-state index < -0.39 is 27.2 Å². The van der Waals surface area contributed by atoms with Crippen LogP contribution in [-0.4, -0.2) is 14.2 Å². The zero-order valence-electron chi connectivity index (χ0n) is 14.9. The van der Waals surface area contributed by atoms with Gasteiger partial charge < -0.3 is 0 Å². The van der Waals surface area contributed by atoms with Crippen LogP contribution in [0.1, 0.15) is 26.4 Å². The molecule has 0 fully saturated rings. The van der Waals surface area contributed by atoms with Gasteiger partial charge in [0.05, 0.1) is 5.75 Å². The molecule has 0 amide bonds. The van der Waals surface area contributed by atoms with E-state index in [-0.39, 0.29) is 10.5 Å². The van der Waals surface area contributed by atoms with E-state index in [1.165, 1.54) is 65.9 Å². The maximum atomic E-state index is 13.1. The molecule has 1 aromatic heterocycles. The number of allylic oxidation sites excluding steroid dienone is 1. The summed E-state index contributed by atoms with van der Waals surface area (Å²) >= 11 is 7.22. The average Bonchev–Trinajstić information content (AvgIpc) is 3.06. The zero-order valence-corrected chi connectivity index (χ0v) is 17.2. The molecule has 0 spiro atoms. The summed E-state index contributed by atoms with van der Waals surface area (Å²) in [7, 11) is -3.98. The number of hydrogen-bond acceptors (Lipinski definition) is 4. The van der Waals surface area contributed by atoms with Crippen molar-refractivity contribution in [1.29, 1.82) is 0 Å². The van der Waals surface area contributed by atoms with E-state index in [4.69, 9.17) is 11.6 Å². The molecular formula is C21H16ClFO3S2. The van der Waals surface area contributed by atoms with Crippen LogP contribution < -0.4 is 0 Å². The standard InChI is InChI=1S/C21H16ClFO3S2/c1-14-10-11-27-19(14)12-20(21(24)16-4-6-17(22)7-5-16)28(25,26)13-15-2-8-18(23)9-3-15/h2-12H,13H2,1H3/b20-12+. The SMILES string of the molecule is Cc1ccsc1/C=C(\C(=O)c1ccc(Cl)cc1)S(=O)(=O)Cc1ccc(F)cc1. The molecule has 3 nitrogen and oxygen atoms in total. The first-order valence-electron chi connectivity index (χ1n) is 8.29. The molecule has 2 aromatic carbocycles. The normalized spacial score (nSPS) is 12.2. The van der Waals surface area contributed by atoms with Crippen LogP contribution in [0.25, 0.3) is 6.08 Å². The molecule has 0 saturated carbocycles. The highest BCUT2D eigenvalue weighted by Gasteiger charge is 2.27. The van der Waals surface area contributed by atoms with Gasteiger partial charge in [-0.3, -0.25) is 4.79 Å². The van der Waals surface area contributed by atoms with Crippen molar-refractivity contribution < 1.29 is 17.6 Å². The fraction of sp³-hybridized carbons (Fsp3) is 0.0952. The number of hydrogen-bond donors (Lipinski definition) is 0. The third-order valence-corrected chi connectivity index (χ3v) is 7.00. The second-order valence-corrected chi connectivity index (χ2v) is 9.54. The van der Waals surface area contributed by atoms with Crippen LogP contribution in [0.15, 0.2) is 64.9 Å². The molecule has 7 heteroatoms. The average molecular weight is 435 g/mol. The van der Waals surface area contributed by atoms with Gasteiger partial charge in [-0.05, 0) is 72.0 Å². The predicted molar refractivity (Wildman–Crippen MR) is 112 cm³/mol. The van der Waals surface area contributed by atoms with Crippen molar-refractivity contribution in [3.8, 4) is 0 Å². The number of benzene rings is 2. The Morgan fingerprint density at radius 3 is 2.29 bits per heavy atom. The molecule has 0 radical (unpaired) electrons. The summed E-state index contributed by atoms with van der Waals surface area (Å²) in [5, 5.41) is 2.28.